The van der Waals surface area contributed by atoms with Crippen molar-refractivity contribution in [1.82, 2.24) is 15.5 Å². The fourth-order valence-corrected chi connectivity index (χ4v) is 5.60. The second-order valence-corrected chi connectivity index (χ2v) is 11.6. The third-order valence-corrected chi connectivity index (χ3v) is 8.32. The summed E-state index contributed by atoms with van der Waals surface area (Å²) >= 11 is 0.962. The smallest absolute Gasteiger partial charge is 0.293 e. The third-order valence-electron chi connectivity index (χ3n) is 7.41. The second-order valence-electron chi connectivity index (χ2n) is 10.7. The van der Waals surface area contributed by atoms with Gasteiger partial charge in [0.1, 0.15) is 5.69 Å². The second kappa shape index (κ2) is 16.8. The van der Waals surface area contributed by atoms with Crippen molar-refractivity contribution in [1.29, 1.82) is 0 Å². The average molecular weight is 658 g/mol. The Labute approximate surface area is 275 Å². The van der Waals surface area contributed by atoms with Crippen LogP contribution in [0.4, 0.5) is 33.2 Å². The molecule has 0 aliphatic carbocycles. The number of rotatable bonds is 16. The van der Waals surface area contributed by atoms with Crippen LogP contribution in [0.15, 0.2) is 75.9 Å². The first-order valence-corrected chi connectivity index (χ1v) is 15.9. The van der Waals surface area contributed by atoms with Crippen molar-refractivity contribution in [3.63, 3.8) is 0 Å². The van der Waals surface area contributed by atoms with Gasteiger partial charge in [-0.3, -0.25) is 24.1 Å². The molecule has 1 fully saturated rings. The summed E-state index contributed by atoms with van der Waals surface area (Å²) in [5.74, 6) is -1.02. The van der Waals surface area contributed by atoms with Crippen LogP contribution in [0.2, 0.25) is 0 Å². The first kappa shape index (κ1) is 34.5. The number of amides is 4. The van der Waals surface area contributed by atoms with Crippen LogP contribution in [0.1, 0.15) is 54.1 Å². The van der Waals surface area contributed by atoms with Gasteiger partial charge in [-0.1, -0.05) is 44.0 Å². The van der Waals surface area contributed by atoms with Gasteiger partial charge >= 0.3 is 0 Å². The highest BCUT2D eigenvalue weighted by Gasteiger charge is 2.34. The Hall–Kier alpha value is -5.37. The number of nitrogens with zero attached hydrogens (tertiary/aromatic N) is 3. The van der Waals surface area contributed by atoms with Crippen molar-refractivity contribution in [2.45, 2.75) is 39.0 Å². The van der Waals surface area contributed by atoms with Crippen LogP contribution in [-0.4, -0.2) is 47.5 Å². The van der Waals surface area contributed by atoms with Gasteiger partial charge in [-0.2, -0.15) is 0 Å². The third kappa shape index (κ3) is 9.33. The van der Waals surface area contributed by atoms with E-state index in [4.69, 9.17) is 5.73 Å². The lowest BCUT2D eigenvalue weighted by molar-refractivity contribution is -0.123. The molecule has 0 bridgehead atoms. The highest BCUT2D eigenvalue weighted by molar-refractivity contribution is 8.18. The molecular weight excluding hydrogens is 622 g/mol. The minimum Gasteiger partial charge on any atom is -0.395 e. The minimum absolute atomic E-state index is 0.0320. The van der Waals surface area contributed by atoms with E-state index in [1.807, 2.05) is 24.3 Å². The van der Waals surface area contributed by atoms with E-state index < -0.39 is 5.91 Å². The number of hydrogen-bond acceptors (Lipinski definition) is 11. The molecule has 0 spiro atoms. The Morgan fingerprint density at radius 1 is 0.894 bits per heavy atom. The molecule has 1 saturated heterocycles. The summed E-state index contributed by atoms with van der Waals surface area (Å²) in [6.45, 7) is 2.67. The van der Waals surface area contributed by atoms with E-state index in [2.05, 4.69) is 33.2 Å². The number of carbonyl (C=O) groups is 4. The number of carbonyl (C=O) groups excluding carboxylic acids is 4. The number of unbranched alkanes of at least 4 members (excludes halogenated alkanes) is 3. The fourth-order valence-electron chi connectivity index (χ4n) is 4.73. The number of benzene rings is 3. The molecule has 13 nitrogen and oxygen atoms in total. The van der Waals surface area contributed by atoms with Crippen molar-refractivity contribution in [3.05, 3.63) is 92.1 Å². The van der Waals surface area contributed by atoms with Crippen LogP contribution in [0.25, 0.3) is 6.08 Å². The number of hydrogen-bond donors (Lipinski definition) is 4. The first-order chi connectivity index (χ1) is 22.7. The summed E-state index contributed by atoms with van der Waals surface area (Å²) in [4.78, 5) is 73.3. The summed E-state index contributed by atoms with van der Waals surface area (Å²) in [5, 5.41) is 13.6. The van der Waals surface area contributed by atoms with E-state index in [1.54, 1.807) is 30.3 Å². The number of imide groups is 1. The number of anilines is 3. The van der Waals surface area contributed by atoms with E-state index >= 15 is 0 Å². The summed E-state index contributed by atoms with van der Waals surface area (Å²) in [5.41, 5.74) is 8.77. The zero-order chi connectivity index (χ0) is 33.8. The van der Waals surface area contributed by atoms with Crippen molar-refractivity contribution < 1.29 is 19.2 Å². The highest BCUT2D eigenvalue weighted by Crippen LogP contribution is 2.39. The quantitative estimate of drug-likeness (QED) is 0.0575. The molecule has 0 saturated carbocycles. The van der Waals surface area contributed by atoms with E-state index in [0.29, 0.717) is 47.8 Å². The minimum atomic E-state index is -0.434. The predicted molar refractivity (Wildman–Crippen MR) is 184 cm³/mol. The van der Waals surface area contributed by atoms with Crippen molar-refractivity contribution in [2.75, 3.05) is 30.7 Å². The number of nitrogens with two attached hydrogens (primary N) is 1. The fraction of sp³-hybridized carbons (Fsp3) is 0.273. The Kier molecular flexibility index (Phi) is 12.3. The molecule has 1 heterocycles. The predicted octanol–water partition coefficient (Wildman–Crippen LogP) is 6.51. The van der Waals surface area contributed by atoms with Crippen molar-refractivity contribution in [2.24, 2.45) is 10.4 Å². The molecule has 0 aromatic heterocycles. The van der Waals surface area contributed by atoms with Gasteiger partial charge in [0.15, 0.2) is 5.69 Å². The molecule has 0 atom stereocenters. The largest absolute Gasteiger partial charge is 0.395 e. The van der Waals surface area contributed by atoms with E-state index in [9.17, 15) is 29.0 Å². The van der Waals surface area contributed by atoms with E-state index in [1.165, 1.54) is 22.6 Å². The van der Waals surface area contributed by atoms with Gasteiger partial charge < -0.3 is 21.7 Å². The Bertz CT molecular complexity index is 1680. The maximum Gasteiger partial charge on any atom is 0.293 e. The standard InChI is InChI=1S/C33H35N7O6S/c1-2-21-7-9-22(10-8-21)19-27-32(43)40(33(44)47-27)18-6-4-3-5-17-35-28(41)20-36-31(42)23-11-13-24(14-12-23)37-25-15-16-26(38-45)30(39-46)29(25)34/h7-16,19,37H,2-6,17-18,20,34H2,1H3,(H,35,41)(H,36,42). The lowest BCUT2D eigenvalue weighted by Gasteiger charge is -2.12. The van der Waals surface area contributed by atoms with Crippen molar-refractivity contribution >= 4 is 69.2 Å². The van der Waals surface area contributed by atoms with Crippen LogP contribution >= 0.6 is 11.8 Å². The van der Waals surface area contributed by atoms with Gasteiger partial charge in [0, 0.05) is 24.3 Å². The molecule has 14 heteroatoms. The van der Waals surface area contributed by atoms with Gasteiger partial charge in [-0.05, 0) is 95.0 Å². The molecule has 47 heavy (non-hydrogen) atoms. The molecule has 4 amide bonds. The number of nitroso groups, excluding NO2 is 2. The lowest BCUT2D eigenvalue weighted by atomic mass is 10.1. The van der Waals surface area contributed by atoms with Gasteiger partial charge in [0.2, 0.25) is 5.91 Å². The maximum atomic E-state index is 12.7. The number of aryl methyl sites for hydroxylation is 1. The summed E-state index contributed by atoms with van der Waals surface area (Å²) in [6.07, 6.45) is 5.67. The monoisotopic (exact) mass is 657 g/mol. The number of thioether (sulfide) groups is 1. The summed E-state index contributed by atoms with van der Waals surface area (Å²) < 4.78 is 0. The molecule has 4 rings (SSSR count). The van der Waals surface area contributed by atoms with Gasteiger partial charge in [0.25, 0.3) is 17.1 Å². The van der Waals surface area contributed by atoms with Crippen LogP contribution in [0.5, 0.6) is 0 Å². The molecule has 0 radical (unpaired) electrons. The van der Waals surface area contributed by atoms with E-state index in [-0.39, 0.29) is 40.7 Å². The van der Waals surface area contributed by atoms with Crippen LogP contribution in [-0.2, 0) is 16.0 Å². The van der Waals surface area contributed by atoms with Gasteiger partial charge in [0.05, 0.1) is 22.8 Å². The first-order valence-electron chi connectivity index (χ1n) is 15.1. The molecule has 3 aromatic rings. The maximum absolute atomic E-state index is 12.7. The number of nitrogen functional groups attached to an aromatic ring is 1. The molecule has 5 N–H and O–H groups in total. The SMILES string of the molecule is CCc1ccc(C=C2SC(=O)N(CCCCCCNC(=O)CNC(=O)c3ccc(Nc4ccc(N=O)c(N=O)c4N)cc3)C2=O)cc1. The van der Waals surface area contributed by atoms with Crippen LogP contribution in [0, 0.1) is 9.81 Å². The molecule has 244 valence electrons. The lowest BCUT2D eigenvalue weighted by Crippen LogP contribution is -2.37. The van der Waals surface area contributed by atoms with Gasteiger partial charge in [-0.15, -0.1) is 9.81 Å². The van der Waals surface area contributed by atoms with Crippen LogP contribution < -0.4 is 21.7 Å². The van der Waals surface area contributed by atoms with Crippen LogP contribution in [0.3, 0.4) is 0 Å². The number of nitrogens with one attached hydrogen (secondary N) is 3. The molecule has 3 aromatic carbocycles. The summed E-state index contributed by atoms with van der Waals surface area (Å²) in [7, 11) is 0. The Balaban J connectivity index is 1.10. The zero-order valence-electron chi connectivity index (χ0n) is 25.8. The molecule has 1 aliphatic rings. The van der Waals surface area contributed by atoms with Crippen molar-refractivity contribution in [3.8, 4) is 0 Å². The molecular formula is C33H35N7O6S. The Morgan fingerprint density at radius 2 is 1.62 bits per heavy atom. The molecule has 1 aliphatic heterocycles. The van der Waals surface area contributed by atoms with Gasteiger partial charge in [-0.25, -0.2) is 0 Å². The van der Waals surface area contributed by atoms with E-state index in [0.717, 1.165) is 36.6 Å². The summed E-state index contributed by atoms with van der Waals surface area (Å²) in [6, 6.07) is 17.0. The molecule has 0 unspecified atom stereocenters. The Morgan fingerprint density at radius 3 is 2.30 bits per heavy atom. The zero-order valence-corrected chi connectivity index (χ0v) is 26.6. The topological polar surface area (TPSA) is 192 Å². The average Bonchev–Trinajstić information content (AvgIpc) is 3.35. The normalized spacial score (nSPS) is 13.5. The highest BCUT2D eigenvalue weighted by atomic mass is 32.2.